The summed E-state index contributed by atoms with van der Waals surface area (Å²) in [6, 6.07) is 9.03. The minimum atomic E-state index is 0.818. The minimum absolute atomic E-state index is 0.818. The van der Waals surface area contributed by atoms with Crippen LogP contribution in [0.15, 0.2) is 34.3 Å². The van der Waals surface area contributed by atoms with Crippen LogP contribution in [-0.2, 0) is 25.7 Å². The molecule has 23 heavy (non-hydrogen) atoms. The van der Waals surface area contributed by atoms with Crippen LogP contribution in [0, 0.1) is 0 Å². The molecule has 0 unspecified atom stereocenters. The summed E-state index contributed by atoms with van der Waals surface area (Å²) in [6.45, 7) is 0.818. The number of nitrogens with zero attached hydrogens (tertiary/aromatic N) is 3. The summed E-state index contributed by atoms with van der Waals surface area (Å²) in [4.78, 5) is 14.6. The predicted molar refractivity (Wildman–Crippen MR) is 94.2 cm³/mol. The summed E-state index contributed by atoms with van der Waals surface area (Å²) < 4.78 is 0. The lowest BCUT2D eigenvalue weighted by Crippen LogP contribution is -2.13. The van der Waals surface area contributed by atoms with Crippen molar-refractivity contribution in [1.82, 2.24) is 4.98 Å². The topological polar surface area (TPSA) is 37.6 Å². The zero-order valence-corrected chi connectivity index (χ0v) is 13.2. The van der Waals surface area contributed by atoms with Crippen LogP contribution in [0.1, 0.15) is 35.2 Å². The van der Waals surface area contributed by atoms with E-state index in [0.29, 0.717) is 0 Å². The highest BCUT2D eigenvalue weighted by Gasteiger charge is 2.25. The van der Waals surface area contributed by atoms with Crippen molar-refractivity contribution in [3.63, 3.8) is 0 Å². The Morgan fingerprint density at radius 2 is 1.61 bits per heavy atom. The van der Waals surface area contributed by atoms with E-state index in [1.54, 1.807) is 0 Å². The van der Waals surface area contributed by atoms with E-state index in [1.807, 2.05) is 6.21 Å². The first-order valence-corrected chi connectivity index (χ1v) is 8.57. The molecule has 0 spiro atoms. The van der Waals surface area contributed by atoms with E-state index >= 15 is 0 Å². The number of fused-ring (bicyclic) bond motifs is 1. The second kappa shape index (κ2) is 5.12. The molecule has 0 N–H and O–H groups in total. The largest absolute Gasteiger partial charge is 0.297 e. The SMILES string of the molecule is C1=NCCc2ccc3c(n2)-c2c(ccc4c2N=C(C1)CC4)CC3. The summed E-state index contributed by atoms with van der Waals surface area (Å²) >= 11 is 0. The molecule has 0 saturated carbocycles. The Bertz CT molecular complexity index is 861. The van der Waals surface area contributed by atoms with Gasteiger partial charge in [0.15, 0.2) is 0 Å². The number of benzene rings is 1. The van der Waals surface area contributed by atoms with Crippen LogP contribution in [0.4, 0.5) is 5.69 Å². The molecule has 4 bridgehead atoms. The molecule has 0 radical (unpaired) electrons. The Labute approximate surface area is 136 Å². The highest BCUT2D eigenvalue weighted by atomic mass is 14.8. The van der Waals surface area contributed by atoms with Gasteiger partial charge in [-0.2, -0.15) is 0 Å². The quantitative estimate of drug-likeness (QED) is 0.727. The van der Waals surface area contributed by atoms with E-state index < -0.39 is 0 Å². The zero-order valence-electron chi connectivity index (χ0n) is 13.2. The first-order valence-electron chi connectivity index (χ1n) is 8.57. The van der Waals surface area contributed by atoms with Crippen LogP contribution in [0.2, 0.25) is 0 Å². The van der Waals surface area contributed by atoms with Gasteiger partial charge >= 0.3 is 0 Å². The second-order valence-corrected chi connectivity index (χ2v) is 6.64. The van der Waals surface area contributed by atoms with Crippen molar-refractivity contribution in [1.29, 1.82) is 0 Å². The van der Waals surface area contributed by atoms with Crippen LogP contribution in [-0.4, -0.2) is 23.5 Å². The first-order chi connectivity index (χ1) is 11.4. The van der Waals surface area contributed by atoms with Crippen LogP contribution in [0.5, 0.6) is 0 Å². The number of pyridine rings is 1. The molecule has 1 aromatic carbocycles. The average Bonchev–Trinajstić information content (AvgIpc) is 2.59. The number of aliphatic imine (C=N–C) groups is 2. The Morgan fingerprint density at radius 3 is 2.61 bits per heavy atom. The third kappa shape index (κ3) is 2.14. The number of aromatic nitrogens is 1. The Balaban J connectivity index is 1.82. The van der Waals surface area contributed by atoms with Gasteiger partial charge in [-0.1, -0.05) is 18.2 Å². The van der Waals surface area contributed by atoms with Crippen molar-refractivity contribution >= 4 is 17.6 Å². The van der Waals surface area contributed by atoms with Crippen molar-refractivity contribution in [3.05, 3.63) is 46.6 Å². The maximum Gasteiger partial charge on any atom is 0.0761 e. The molecule has 2 aliphatic heterocycles. The highest BCUT2D eigenvalue weighted by Crippen LogP contribution is 2.43. The van der Waals surface area contributed by atoms with Gasteiger partial charge in [0.1, 0.15) is 0 Å². The number of hydrogen-bond acceptors (Lipinski definition) is 3. The van der Waals surface area contributed by atoms with Gasteiger partial charge in [-0.3, -0.25) is 15.0 Å². The molecule has 5 rings (SSSR count). The van der Waals surface area contributed by atoms with Crippen LogP contribution >= 0.6 is 0 Å². The van der Waals surface area contributed by atoms with E-state index in [-0.39, 0.29) is 0 Å². The van der Waals surface area contributed by atoms with Crippen molar-refractivity contribution in [2.45, 2.75) is 38.5 Å². The Morgan fingerprint density at radius 1 is 0.783 bits per heavy atom. The van der Waals surface area contributed by atoms with Crippen molar-refractivity contribution in [3.8, 4) is 11.3 Å². The van der Waals surface area contributed by atoms with Gasteiger partial charge in [-0.05, 0) is 48.4 Å². The summed E-state index contributed by atoms with van der Waals surface area (Å²) in [5.41, 5.74) is 10.2. The molecule has 0 saturated heterocycles. The number of hydrogen-bond donors (Lipinski definition) is 0. The maximum absolute atomic E-state index is 5.03. The summed E-state index contributed by atoms with van der Waals surface area (Å²) in [7, 11) is 0. The molecule has 114 valence electrons. The molecule has 1 aromatic heterocycles. The fraction of sp³-hybridized carbons (Fsp3) is 0.350. The maximum atomic E-state index is 5.03. The van der Waals surface area contributed by atoms with Gasteiger partial charge in [0.25, 0.3) is 0 Å². The van der Waals surface area contributed by atoms with Crippen molar-refractivity contribution in [2.75, 3.05) is 6.54 Å². The van der Waals surface area contributed by atoms with Gasteiger partial charge < -0.3 is 0 Å². The van der Waals surface area contributed by atoms with Gasteiger partial charge in [0.2, 0.25) is 0 Å². The van der Waals surface area contributed by atoms with Crippen molar-refractivity contribution < 1.29 is 0 Å². The van der Waals surface area contributed by atoms with Crippen LogP contribution in [0.25, 0.3) is 11.3 Å². The monoisotopic (exact) mass is 301 g/mol. The first kappa shape index (κ1) is 13.2. The molecule has 3 heteroatoms. The standard InChI is InChI=1S/C20H19N3/c1-3-14-5-7-16-9-11-21-12-10-17-8-6-15-4-2-13(1)18(19(14)22-16)20(15)23-17/h1,3,6,8,11H,2,4-5,7,9-10,12H2. The third-order valence-corrected chi connectivity index (χ3v) is 5.19. The minimum Gasteiger partial charge on any atom is -0.297 e. The third-order valence-electron chi connectivity index (χ3n) is 5.19. The molecular weight excluding hydrogens is 282 g/mol. The lowest BCUT2D eigenvalue weighted by atomic mass is 9.84. The molecule has 3 nitrogen and oxygen atoms in total. The van der Waals surface area contributed by atoms with Crippen molar-refractivity contribution in [2.24, 2.45) is 9.98 Å². The Hall–Kier alpha value is -2.29. The lowest BCUT2D eigenvalue weighted by molar-refractivity contribution is 0.882. The zero-order chi connectivity index (χ0) is 15.2. The fourth-order valence-corrected chi connectivity index (χ4v) is 3.91. The molecule has 2 aromatic rings. The van der Waals surface area contributed by atoms with E-state index in [0.717, 1.165) is 50.8 Å². The van der Waals surface area contributed by atoms with Gasteiger partial charge in [-0.15, -0.1) is 0 Å². The van der Waals surface area contributed by atoms with E-state index in [2.05, 4.69) is 29.3 Å². The van der Waals surface area contributed by atoms with Gasteiger partial charge in [-0.25, -0.2) is 0 Å². The molecule has 0 fully saturated rings. The average molecular weight is 301 g/mol. The molecule has 3 aliphatic rings. The predicted octanol–water partition coefficient (Wildman–Crippen LogP) is 3.88. The van der Waals surface area contributed by atoms with Gasteiger partial charge in [0, 0.05) is 42.6 Å². The summed E-state index contributed by atoms with van der Waals surface area (Å²) in [5.74, 6) is 0. The van der Waals surface area contributed by atoms with E-state index in [4.69, 9.17) is 9.98 Å². The van der Waals surface area contributed by atoms with Crippen LogP contribution in [0.3, 0.4) is 0 Å². The molecule has 3 heterocycles. The number of rotatable bonds is 0. The molecule has 0 atom stereocenters. The highest BCUT2D eigenvalue weighted by molar-refractivity contribution is 6.00. The van der Waals surface area contributed by atoms with Gasteiger partial charge in [0.05, 0.1) is 11.4 Å². The van der Waals surface area contributed by atoms with E-state index in [1.165, 1.54) is 39.3 Å². The Kier molecular flexibility index (Phi) is 2.93. The van der Waals surface area contributed by atoms with Crippen LogP contribution < -0.4 is 0 Å². The van der Waals surface area contributed by atoms with E-state index in [9.17, 15) is 0 Å². The second-order valence-electron chi connectivity index (χ2n) is 6.64. The molecular formula is C20H19N3. The molecule has 1 aliphatic carbocycles. The normalized spacial score (nSPS) is 18.2. The fourth-order valence-electron chi connectivity index (χ4n) is 3.91. The lowest BCUT2D eigenvalue weighted by Gasteiger charge is -2.25. The molecule has 0 amide bonds. The number of aryl methyl sites for hydroxylation is 3. The smallest absolute Gasteiger partial charge is 0.0761 e. The summed E-state index contributed by atoms with van der Waals surface area (Å²) in [5, 5.41) is 0. The summed E-state index contributed by atoms with van der Waals surface area (Å²) in [6.07, 6.45) is 8.17.